The fraction of sp³-hybridized carbons (Fsp3) is 0.467. The first kappa shape index (κ1) is 15.5. The summed E-state index contributed by atoms with van der Waals surface area (Å²) in [5, 5.41) is 2.81. The van der Waals surface area contributed by atoms with Crippen molar-refractivity contribution in [2.45, 2.75) is 25.8 Å². The Morgan fingerprint density at radius 2 is 2.24 bits per heavy atom. The minimum atomic E-state index is -0.676. The van der Waals surface area contributed by atoms with E-state index in [1.165, 1.54) is 14.0 Å². The molecule has 0 saturated heterocycles. The van der Waals surface area contributed by atoms with Gasteiger partial charge in [0.1, 0.15) is 6.04 Å². The molecule has 1 heterocycles. The Balaban J connectivity index is 2.31. The second-order valence-electron chi connectivity index (χ2n) is 5.14. The molecule has 0 spiro atoms. The molecule has 1 aromatic carbocycles. The summed E-state index contributed by atoms with van der Waals surface area (Å²) in [7, 11) is 1.52. The van der Waals surface area contributed by atoms with Crippen LogP contribution in [0.1, 0.15) is 18.9 Å². The number of nitrogens with two attached hydrogens (primary N) is 1. The highest BCUT2D eigenvalue weighted by molar-refractivity contribution is 6.00. The van der Waals surface area contributed by atoms with Crippen molar-refractivity contribution < 1.29 is 14.3 Å². The van der Waals surface area contributed by atoms with Crippen molar-refractivity contribution >= 4 is 23.2 Å². The molecule has 114 valence electrons. The number of methoxy groups -OCH3 is 1. The van der Waals surface area contributed by atoms with Crippen LogP contribution >= 0.6 is 0 Å². The summed E-state index contributed by atoms with van der Waals surface area (Å²) < 4.78 is 4.95. The Kier molecular flexibility index (Phi) is 4.93. The van der Waals surface area contributed by atoms with Crippen molar-refractivity contribution in [3.8, 4) is 0 Å². The minimum absolute atomic E-state index is 0.122. The van der Waals surface area contributed by atoms with Crippen LogP contribution in [0, 0.1) is 0 Å². The average molecular weight is 291 g/mol. The van der Waals surface area contributed by atoms with Gasteiger partial charge in [0.2, 0.25) is 11.8 Å². The molecule has 0 aliphatic carbocycles. The zero-order valence-corrected chi connectivity index (χ0v) is 12.4. The third kappa shape index (κ3) is 3.40. The van der Waals surface area contributed by atoms with Crippen LogP contribution in [0.5, 0.6) is 0 Å². The number of fused-ring (bicyclic) bond motifs is 1. The Morgan fingerprint density at radius 1 is 1.48 bits per heavy atom. The van der Waals surface area contributed by atoms with Crippen molar-refractivity contribution in [2.75, 3.05) is 30.5 Å². The number of hydrogen-bond donors (Lipinski definition) is 2. The smallest absolute Gasteiger partial charge is 0.246 e. The quantitative estimate of drug-likeness (QED) is 0.863. The van der Waals surface area contributed by atoms with Gasteiger partial charge in [-0.1, -0.05) is 6.07 Å². The highest BCUT2D eigenvalue weighted by Gasteiger charge is 2.27. The minimum Gasteiger partial charge on any atom is -0.383 e. The zero-order chi connectivity index (χ0) is 15.4. The van der Waals surface area contributed by atoms with Gasteiger partial charge in [-0.3, -0.25) is 9.59 Å². The molecule has 0 radical (unpaired) electrons. The van der Waals surface area contributed by atoms with Gasteiger partial charge in [-0.25, -0.2) is 0 Å². The van der Waals surface area contributed by atoms with Crippen LogP contribution in [-0.4, -0.2) is 38.1 Å². The first-order valence-corrected chi connectivity index (χ1v) is 7.00. The maximum Gasteiger partial charge on any atom is 0.246 e. The van der Waals surface area contributed by atoms with Gasteiger partial charge in [0.25, 0.3) is 0 Å². The second-order valence-corrected chi connectivity index (χ2v) is 5.14. The first-order valence-electron chi connectivity index (χ1n) is 7.00. The van der Waals surface area contributed by atoms with Crippen molar-refractivity contribution in [1.29, 1.82) is 0 Å². The lowest BCUT2D eigenvalue weighted by atomic mass is 9.99. The van der Waals surface area contributed by atoms with Gasteiger partial charge in [-0.05, 0) is 30.5 Å². The lowest BCUT2D eigenvalue weighted by Crippen LogP contribution is -2.48. The Bertz CT molecular complexity index is 545. The standard InChI is InChI=1S/C15H21N3O3/c1-10(19)17-13-6-3-7-14-11(13)5-4-8-18(14)15(20)12(16)9-21-2/h3,6-7,12H,4-5,8-9,16H2,1-2H3,(H,17,19). The maximum absolute atomic E-state index is 12.4. The largest absolute Gasteiger partial charge is 0.383 e. The summed E-state index contributed by atoms with van der Waals surface area (Å²) in [5.41, 5.74) is 8.42. The van der Waals surface area contributed by atoms with E-state index in [0.29, 0.717) is 6.54 Å². The van der Waals surface area contributed by atoms with Gasteiger partial charge in [0.05, 0.1) is 6.61 Å². The van der Waals surface area contributed by atoms with Crippen molar-refractivity contribution in [3.05, 3.63) is 23.8 Å². The summed E-state index contributed by atoms with van der Waals surface area (Å²) in [6.07, 6.45) is 1.67. The van der Waals surface area contributed by atoms with Gasteiger partial charge < -0.3 is 20.7 Å². The number of anilines is 2. The summed E-state index contributed by atoms with van der Waals surface area (Å²) in [6, 6.07) is 4.89. The van der Waals surface area contributed by atoms with Crippen LogP contribution in [0.4, 0.5) is 11.4 Å². The molecule has 0 bridgehead atoms. The molecule has 0 saturated carbocycles. The third-order valence-electron chi connectivity index (χ3n) is 3.49. The van der Waals surface area contributed by atoms with E-state index in [1.807, 2.05) is 18.2 Å². The van der Waals surface area contributed by atoms with Crippen LogP contribution in [0.2, 0.25) is 0 Å². The summed E-state index contributed by atoms with van der Waals surface area (Å²) in [5.74, 6) is -0.277. The molecule has 1 aliphatic heterocycles. The van der Waals surface area contributed by atoms with E-state index in [9.17, 15) is 9.59 Å². The topological polar surface area (TPSA) is 84.7 Å². The second kappa shape index (κ2) is 6.69. The highest BCUT2D eigenvalue weighted by Crippen LogP contribution is 2.33. The molecule has 6 heteroatoms. The molecule has 2 rings (SSSR count). The maximum atomic E-state index is 12.4. The molecule has 3 N–H and O–H groups in total. The predicted molar refractivity (Wildman–Crippen MR) is 81.3 cm³/mol. The SMILES string of the molecule is COCC(N)C(=O)N1CCCc2c(NC(C)=O)cccc21. The average Bonchev–Trinajstić information content (AvgIpc) is 2.46. The Labute approximate surface area is 124 Å². The van der Waals surface area contributed by atoms with Crippen LogP contribution in [0.25, 0.3) is 0 Å². The molecule has 6 nitrogen and oxygen atoms in total. The fourth-order valence-corrected chi connectivity index (χ4v) is 2.61. The Morgan fingerprint density at radius 3 is 2.90 bits per heavy atom. The molecule has 2 amide bonds. The van der Waals surface area contributed by atoms with Crippen molar-refractivity contribution in [1.82, 2.24) is 0 Å². The zero-order valence-electron chi connectivity index (χ0n) is 12.4. The van der Waals surface area contributed by atoms with E-state index < -0.39 is 6.04 Å². The number of amides is 2. The molecular weight excluding hydrogens is 270 g/mol. The van der Waals surface area contributed by atoms with Gasteiger partial charge >= 0.3 is 0 Å². The normalized spacial score (nSPS) is 15.3. The van der Waals surface area contributed by atoms with Crippen LogP contribution < -0.4 is 16.0 Å². The number of hydrogen-bond acceptors (Lipinski definition) is 4. The number of rotatable bonds is 4. The van der Waals surface area contributed by atoms with Crippen LogP contribution in [0.3, 0.4) is 0 Å². The van der Waals surface area contributed by atoms with Gasteiger partial charge in [0.15, 0.2) is 0 Å². The number of carbonyl (C=O) groups is 2. The first-order chi connectivity index (χ1) is 10.0. The number of carbonyl (C=O) groups excluding carboxylic acids is 2. The summed E-state index contributed by atoms with van der Waals surface area (Å²) in [6.45, 7) is 2.29. The fourth-order valence-electron chi connectivity index (χ4n) is 2.61. The molecular formula is C15H21N3O3. The van der Waals surface area contributed by atoms with E-state index in [2.05, 4.69) is 5.32 Å². The summed E-state index contributed by atoms with van der Waals surface area (Å²) in [4.78, 5) is 25.4. The molecule has 1 unspecified atom stereocenters. The number of benzene rings is 1. The van der Waals surface area contributed by atoms with Crippen molar-refractivity contribution in [3.63, 3.8) is 0 Å². The number of ether oxygens (including phenoxy) is 1. The van der Waals surface area contributed by atoms with Crippen molar-refractivity contribution in [2.24, 2.45) is 5.73 Å². The monoisotopic (exact) mass is 291 g/mol. The van der Waals surface area contributed by atoms with Gasteiger partial charge in [-0.2, -0.15) is 0 Å². The van der Waals surface area contributed by atoms with Gasteiger partial charge in [0, 0.05) is 32.0 Å². The molecule has 0 aromatic heterocycles. The van der Waals surface area contributed by atoms with E-state index in [-0.39, 0.29) is 18.4 Å². The lowest BCUT2D eigenvalue weighted by molar-refractivity contribution is -0.121. The van der Waals surface area contributed by atoms with Gasteiger partial charge in [-0.15, -0.1) is 0 Å². The lowest BCUT2D eigenvalue weighted by Gasteiger charge is -2.32. The van der Waals surface area contributed by atoms with Crippen LogP contribution in [-0.2, 0) is 20.7 Å². The molecule has 1 atom stereocenters. The number of nitrogens with one attached hydrogen (secondary N) is 1. The molecule has 21 heavy (non-hydrogen) atoms. The van der Waals surface area contributed by atoms with E-state index in [4.69, 9.17) is 10.5 Å². The summed E-state index contributed by atoms with van der Waals surface area (Å²) >= 11 is 0. The Hall–Kier alpha value is -1.92. The number of nitrogens with zero attached hydrogens (tertiary/aromatic N) is 1. The van der Waals surface area contributed by atoms with Crippen LogP contribution in [0.15, 0.2) is 18.2 Å². The van der Waals surface area contributed by atoms with E-state index >= 15 is 0 Å². The predicted octanol–water partition coefficient (Wildman–Crippen LogP) is 0.898. The molecule has 1 aromatic rings. The molecule has 0 fully saturated rings. The highest BCUT2D eigenvalue weighted by atomic mass is 16.5. The van der Waals surface area contributed by atoms with E-state index in [1.54, 1.807) is 4.90 Å². The third-order valence-corrected chi connectivity index (χ3v) is 3.49. The van der Waals surface area contributed by atoms with E-state index in [0.717, 1.165) is 29.8 Å². The molecule has 1 aliphatic rings.